The van der Waals surface area contributed by atoms with E-state index >= 15 is 0 Å². The predicted molar refractivity (Wildman–Crippen MR) is 107 cm³/mol. The number of hydrogen-bond acceptors (Lipinski definition) is 4. The smallest absolute Gasteiger partial charge is 0.185 e. The third-order valence-corrected chi connectivity index (χ3v) is 4.03. The zero-order valence-electron chi connectivity index (χ0n) is 16.3. The molecule has 4 nitrogen and oxygen atoms in total. The number of carbonyl (C=O) groups excluding carboxylic acids is 1. The van der Waals surface area contributed by atoms with E-state index in [9.17, 15) is 9.90 Å². The van der Waals surface area contributed by atoms with Crippen LogP contribution in [0.3, 0.4) is 0 Å². The molecule has 0 radical (unpaired) electrons. The summed E-state index contributed by atoms with van der Waals surface area (Å²) in [6.07, 6.45) is 3.42. The van der Waals surface area contributed by atoms with Crippen molar-refractivity contribution in [3.05, 3.63) is 70.3 Å². The molecule has 0 spiro atoms. The number of nitrogens with zero attached hydrogens (tertiary/aromatic N) is 2. The van der Waals surface area contributed by atoms with Crippen LogP contribution < -0.4 is 0 Å². The predicted octanol–water partition coefficient (Wildman–Crippen LogP) is 3.72. The minimum Gasteiger partial charge on any atom is -0.507 e. The van der Waals surface area contributed by atoms with Crippen molar-refractivity contribution >= 4 is 11.9 Å². The van der Waals surface area contributed by atoms with E-state index in [0.717, 1.165) is 16.7 Å². The summed E-state index contributed by atoms with van der Waals surface area (Å²) in [7, 11) is 7.77. The minimum atomic E-state index is -0.0643. The van der Waals surface area contributed by atoms with Crippen molar-refractivity contribution in [1.82, 2.24) is 9.80 Å². The standard InChI is InChI=1S/C22H28N2O2/c1-16-6-8-17(9-7-16)10-11-21(25)18-12-19(14-23(2)3)22(26)20(13-18)15-24(4)5/h6-13,26H,14-15H2,1-5H3. The second-order valence-corrected chi connectivity index (χ2v) is 7.23. The number of allylic oxidation sites excluding steroid dienone is 1. The molecule has 26 heavy (non-hydrogen) atoms. The highest BCUT2D eigenvalue weighted by molar-refractivity contribution is 6.07. The highest BCUT2D eigenvalue weighted by atomic mass is 16.3. The molecular weight excluding hydrogens is 324 g/mol. The van der Waals surface area contributed by atoms with Crippen LogP contribution in [-0.4, -0.2) is 48.9 Å². The third-order valence-electron chi connectivity index (χ3n) is 4.03. The summed E-state index contributed by atoms with van der Waals surface area (Å²) in [6, 6.07) is 11.6. The molecule has 0 fully saturated rings. The van der Waals surface area contributed by atoms with Crippen LogP contribution in [0.15, 0.2) is 42.5 Å². The van der Waals surface area contributed by atoms with Crippen LogP contribution in [0.4, 0.5) is 0 Å². The van der Waals surface area contributed by atoms with Crippen LogP contribution in [0, 0.1) is 6.92 Å². The van der Waals surface area contributed by atoms with E-state index in [2.05, 4.69) is 0 Å². The topological polar surface area (TPSA) is 43.8 Å². The van der Waals surface area contributed by atoms with Gasteiger partial charge in [-0.2, -0.15) is 0 Å². The largest absolute Gasteiger partial charge is 0.507 e. The van der Waals surface area contributed by atoms with Crippen LogP contribution in [0.5, 0.6) is 5.75 Å². The highest BCUT2D eigenvalue weighted by Crippen LogP contribution is 2.27. The van der Waals surface area contributed by atoms with Gasteiger partial charge in [0.2, 0.25) is 0 Å². The Kier molecular flexibility index (Phi) is 6.72. The molecule has 0 bridgehead atoms. The van der Waals surface area contributed by atoms with Gasteiger partial charge in [-0.15, -0.1) is 0 Å². The number of carbonyl (C=O) groups is 1. The lowest BCUT2D eigenvalue weighted by Crippen LogP contribution is -2.15. The van der Waals surface area contributed by atoms with Gasteiger partial charge in [0.05, 0.1) is 0 Å². The Labute approximate surface area is 156 Å². The van der Waals surface area contributed by atoms with Crippen molar-refractivity contribution in [2.24, 2.45) is 0 Å². The lowest BCUT2D eigenvalue weighted by molar-refractivity contribution is 0.104. The quantitative estimate of drug-likeness (QED) is 0.609. The number of aromatic hydroxyl groups is 1. The van der Waals surface area contributed by atoms with Gasteiger partial charge in [-0.05, 0) is 58.9 Å². The van der Waals surface area contributed by atoms with Gasteiger partial charge in [0.1, 0.15) is 5.75 Å². The summed E-state index contributed by atoms with van der Waals surface area (Å²) in [5, 5.41) is 10.5. The molecule has 0 aromatic heterocycles. The first-order valence-electron chi connectivity index (χ1n) is 8.69. The number of benzene rings is 2. The van der Waals surface area contributed by atoms with E-state index in [4.69, 9.17) is 0 Å². The molecule has 138 valence electrons. The number of ketones is 1. The van der Waals surface area contributed by atoms with Crippen molar-refractivity contribution in [3.8, 4) is 5.75 Å². The maximum Gasteiger partial charge on any atom is 0.185 e. The van der Waals surface area contributed by atoms with Crippen molar-refractivity contribution in [2.45, 2.75) is 20.0 Å². The van der Waals surface area contributed by atoms with E-state index in [1.54, 1.807) is 18.2 Å². The van der Waals surface area contributed by atoms with E-state index < -0.39 is 0 Å². The zero-order chi connectivity index (χ0) is 19.3. The van der Waals surface area contributed by atoms with Crippen molar-refractivity contribution < 1.29 is 9.90 Å². The summed E-state index contributed by atoms with van der Waals surface area (Å²) in [5.41, 5.74) is 4.31. The van der Waals surface area contributed by atoms with Crippen LogP contribution in [0.1, 0.15) is 32.6 Å². The molecule has 2 rings (SSSR count). The normalized spacial score (nSPS) is 11.7. The summed E-state index contributed by atoms with van der Waals surface area (Å²) in [4.78, 5) is 16.6. The zero-order valence-corrected chi connectivity index (χ0v) is 16.3. The van der Waals surface area contributed by atoms with Gasteiger partial charge in [-0.25, -0.2) is 0 Å². The summed E-state index contributed by atoms with van der Waals surface area (Å²) < 4.78 is 0. The number of aryl methyl sites for hydroxylation is 1. The highest BCUT2D eigenvalue weighted by Gasteiger charge is 2.14. The Morgan fingerprint density at radius 2 is 1.46 bits per heavy atom. The molecule has 0 saturated heterocycles. The van der Waals surface area contributed by atoms with Crippen LogP contribution in [0.2, 0.25) is 0 Å². The first-order chi connectivity index (χ1) is 12.3. The van der Waals surface area contributed by atoms with E-state index in [1.807, 2.05) is 75.3 Å². The number of phenols is 1. The van der Waals surface area contributed by atoms with Crippen LogP contribution >= 0.6 is 0 Å². The van der Waals surface area contributed by atoms with Crippen molar-refractivity contribution in [3.63, 3.8) is 0 Å². The van der Waals surface area contributed by atoms with Gasteiger partial charge in [0.15, 0.2) is 5.78 Å². The van der Waals surface area contributed by atoms with Gasteiger partial charge in [-0.3, -0.25) is 4.79 Å². The molecule has 0 aliphatic heterocycles. The van der Waals surface area contributed by atoms with Gasteiger partial charge >= 0.3 is 0 Å². The van der Waals surface area contributed by atoms with Gasteiger partial charge in [0.25, 0.3) is 0 Å². The van der Waals surface area contributed by atoms with Gasteiger partial charge in [0, 0.05) is 29.8 Å². The maximum absolute atomic E-state index is 12.7. The molecular formula is C22H28N2O2. The molecule has 0 saturated carbocycles. The van der Waals surface area contributed by atoms with Crippen molar-refractivity contribution in [2.75, 3.05) is 28.2 Å². The maximum atomic E-state index is 12.7. The Bertz CT molecular complexity index is 759. The van der Waals surface area contributed by atoms with Crippen molar-refractivity contribution in [1.29, 1.82) is 0 Å². The second-order valence-electron chi connectivity index (χ2n) is 7.23. The molecule has 2 aromatic rings. The van der Waals surface area contributed by atoms with Crippen LogP contribution in [-0.2, 0) is 13.1 Å². The molecule has 0 aliphatic rings. The van der Waals surface area contributed by atoms with E-state index in [0.29, 0.717) is 18.7 Å². The molecule has 1 N–H and O–H groups in total. The number of phenolic OH excluding ortho intramolecular Hbond substituents is 1. The Hall–Kier alpha value is -2.43. The molecule has 0 amide bonds. The summed E-state index contributed by atoms with van der Waals surface area (Å²) in [5.74, 6) is 0.206. The van der Waals surface area contributed by atoms with E-state index in [1.165, 1.54) is 5.56 Å². The summed E-state index contributed by atoms with van der Waals surface area (Å²) in [6.45, 7) is 3.19. The Morgan fingerprint density at radius 3 is 1.92 bits per heavy atom. The molecule has 0 atom stereocenters. The lowest BCUT2D eigenvalue weighted by atomic mass is 9.99. The molecule has 0 unspecified atom stereocenters. The average Bonchev–Trinajstić information content (AvgIpc) is 2.56. The molecule has 0 heterocycles. The Balaban J connectivity index is 2.33. The SMILES string of the molecule is Cc1ccc(C=CC(=O)c2cc(CN(C)C)c(O)c(CN(C)C)c2)cc1. The minimum absolute atomic E-state index is 0.0643. The monoisotopic (exact) mass is 352 g/mol. The Morgan fingerprint density at radius 1 is 0.962 bits per heavy atom. The van der Waals surface area contributed by atoms with Gasteiger partial charge < -0.3 is 14.9 Å². The fourth-order valence-corrected chi connectivity index (χ4v) is 2.77. The number of rotatable bonds is 7. The van der Waals surface area contributed by atoms with Gasteiger partial charge in [-0.1, -0.05) is 35.9 Å². The first kappa shape index (κ1) is 19.9. The fourth-order valence-electron chi connectivity index (χ4n) is 2.77. The van der Waals surface area contributed by atoms with E-state index in [-0.39, 0.29) is 11.5 Å². The lowest BCUT2D eigenvalue weighted by Gasteiger charge is -2.17. The second kappa shape index (κ2) is 8.79. The first-order valence-corrected chi connectivity index (χ1v) is 8.69. The molecule has 4 heteroatoms. The molecule has 2 aromatic carbocycles. The third kappa shape index (κ3) is 5.55. The fraction of sp³-hybridized carbons (Fsp3) is 0.318. The van der Waals surface area contributed by atoms with Crippen LogP contribution in [0.25, 0.3) is 6.08 Å². The summed E-state index contributed by atoms with van der Waals surface area (Å²) >= 11 is 0. The molecule has 0 aliphatic carbocycles. The average molecular weight is 352 g/mol. The number of hydrogen-bond donors (Lipinski definition) is 1.